The highest BCUT2D eigenvalue weighted by molar-refractivity contribution is 5.94. The van der Waals surface area contributed by atoms with E-state index in [1.54, 1.807) is 31.2 Å². The van der Waals surface area contributed by atoms with Crippen molar-refractivity contribution in [1.82, 2.24) is 5.32 Å². The Bertz CT molecular complexity index is 900. The van der Waals surface area contributed by atoms with Crippen molar-refractivity contribution in [3.63, 3.8) is 0 Å². The summed E-state index contributed by atoms with van der Waals surface area (Å²) < 4.78 is 10.0. The normalized spacial score (nSPS) is 9.97. The maximum Gasteiger partial charge on any atom is 0.325 e. The van der Waals surface area contributed by atoms with Gasteiger partial charge in [-0.25, -0.2) is 0 Å². The molecule has 0 saturated carbocycles. The van der Waals surface area contributed by atoms with Crippen LogP contribution in [0.1, 0.15) is 5.56 Å². The number of carbonyl (C=O) groups is 3. The predicted molar refractivity (Wildman–Crippen MR) is 102 cm³/mol. The lowest BCUT2D eigenvalue weighted by Crippen LogP contribution is -2.35. The van der Waals surface area contributed by atoms with Crippen molar-refractivity contribution in [1.29, 1.82) is 0 Å². The lowest BCUT2D eigenvalue weighted by molar-refractivity contribution is -0.384. The molecule has 0 atom stereocenters. The van der Waals surface area contributed by atoms with Crippen LogP contribution in [0.2, 0.25) is 0 Å². The number of ether oxygens (including phenoxy) is 2. The molecule has 0 aliphatic heterocycles. The average molecular weight is 401 g/mol. The van der Waals surface area contributed by atoms with Crippen LogP contribution in [0.3, 0.4) is 0 Å². The quantitative estimate of drug-likeness (QED) is 0.370. The van der Waals surface area contributed by atoms with E-state index in [-0.39, 0.29) is 12.3 Å². The van der Waals surface area contributed by atoms with E-state index < -0.39 is 35.9 Å². The van der Waals surface area contributed by atoms with Crippen molar-refractivity contribution in [2.24, 2.45) is 0 Å². The second kappa shape index (κ2) is 10.4. The maximum absolute atomic E-state index is 11.9. The number of nitro groups is 1. The van der Waals surface area contributed by atoms with E-state index in [2.05, 4.69) is 10.6 Å². The number of nitro benzene ring substituents is 1. The number of carbonyl (C=O) groups excluding carboxylic acids is 3. The van der Waals surface area contributed by atoms with Crippen LogP contribution in [0.15, 0.2) is 48.5 Å². The number of non-ortho nitro benzene ring substituents is 1. The van der Waals surface area contributed by atoms with E-state index in [0.717, 1.165) is 0 Å². The van der Waals surface area contributed by atoms with Crippen molar-refractivity contribution < 1.29 is 28.8 Å². The molecule has 10 heteroatoms. The van der Waals surface area contributed by atoms with Gasteiger partial charge in [-0.3, -0.25) is 24.5 Å². The van der Waals surface area contributed by atoms with Gasteiger partial charge in [-0.2, -0.15) is 0 Å². The van der Waals surface area contributed by atoms with E-state index in [0.29, 0.717) is 17.0 Å². The summed E-state index contributed by atoms with van der Waals surface area (Å²) in [6.07, 6.45) is 0. The van der Waals surface area contributed by atoms with E-state index in [1.165, 1.54) is 18.2 Å². The minimum atomic E-state index is -0.798. The Balaban J connectivity index is 1.68. The Morgan fingerprint density at radius 3 is 2.41 bits per heavy atom. The molecule has 0 fully saturated rings. The zero-order valence-electron chi connectivity index (χ0n) is 15.5. The summed E-state index contributed by atoms with van der Waals surface area (Å²) >= 11 is 0. The number of benzene rings is 2. The van der Waals surface area contributed by atoms with Crippen LogP contribution in [-0.4, -0.2) is 42.5 Å². The summed E-state index contributed by atoms with van der Waals surface area (Å²) in [5.74, 6) is -1.41. The van der Waals surface area contributed by atoms with Gasteiger partial charge in [0.1, 0.15) is 12.3 Å². The van der Waals surface area contributed by atoms with Crippen LogP contribution in [-0.2, 0) is 19.1 Å². The molecule has 0 aliphatic rings. The van der Waals surface area contributed by atoms with Crippen LogP contribution in [0.4, 0.5) is 11.4 Å². The summed E-state index contributed by atoms with van der Waals surface area (Å²) in [5.41, 5.74) is 0.756. The number of rotatable bonds is 9. The molecular weight excluding hydrogens is 382 g/mol. The Kier molecular flexibility index (Phi) is 7.66. The third-order valence-corrected chi connectivity index (χ3v) is 3.60. The highest BCUT2D eigenvalue weighted by Crippen LogP contribution is 2.21. The summed E-state index contributed by atoms with van der Waals surface area (Å²) in [7, 11) is 0. The Labute approximate surface area is 166 Å². The van der Waals surface area contributed by atoms with Crippen LogP contribution in [0.5, 0.6) is 5.75 Å². The van der Waals surface area contributed by atoms with Gasteiger partial charge in [0.2, 0.25) is 0 Å². The zero-order chi connectivity index (χ0) is 21.2. The summed E-state index contributed by atoms with van der Waals surface area (Å²) in [4.78, 5) is 45.3. The molecule has 0 saturated heterocycles. The molecule has 0 radical (unpaired) electrons. The molecule has 2 aromatic rings. The number of para-hydroxylation sites is 1. The third kappa shape index (κ3) is 7.29. The highest BCUT2D eigenvalue weighted by Gasteiger charge is 2.13. The zero-order valence-corrected chi connectivity index (χ0v) is 15.5. The van der Waals surface area contributed by atoms with Gasteiger partial charge >= 0.3 is 5.97 Å². The minimum Gasteiger partial charge on any atom is -0.484 e. The molecule has 2 amide bonds. The molecule has 0 spiro atoms. The second-order valence-corrected chi connectivity index (χ2v) is 5.84. The van der Waals surface area contributed by atoms with Crippen molar-refractivity contribution in [3.05, 3.63) is 64.2 Å². The molecular formula is C19H19N3O7. The van der Waals surface area contributed by atoms with E-state index in [1.807, 2.05) is 6.07 Å². The number of anilines is 1. The molecule has 0 heterocycles. The van der Waals surface area contributed by atoms with Gasteiger partial charge in [0.05, 0.1) is 4.92 Å². The van der Waals surface area contributed by atoms with Crippen molar-refractivity contribution in [2.75, 3.05) is 25.1 Å². The smallest absolute Gasteiger partial charge is 0.325 e. The third-order valence-electron chi connectivity index (χ3n) is 3.60. The van der Waals surface area contributed by atoms with Gasteiger partial charge in [0, 0.05) is 17.8 Å². The fourth-order valence-corrected chi connectivity index (χ4v) is 2.17. The number of nitrogens with zero attached hydrogens (tertiary/aromatic N) is 1. The van der Waals surface area contributed by atoms with Gasteiger partial charge < -0.3 is 20.1 Å². The van der Waals surface area contributed by atoms with Crippen LogP contribution < -0.4 is 15.4 Å². The molecule has 2 rings (SSSR count). The van der Waals surface area contributed by atoms with Crippen LogP contribution in [0.25, 0.3) is 0 Å². The second-order valence-electron chi connectivity index (χ2n) is 5.84. The summed E-state index contributed by atoms with van der Waals surface area (Å²) in [6, 6.07) is 12.7. The molecule has 0 unspecified atom stereocenters. The summed E-state index contributed by atoms with van der Waals surface area (Å²) in [5, 5.41) is 15.5. The molecule has 0 aliphatic carbocycles. The molecule has 152 valence electrons. The van der Waals surface area contributed by atoms with Gasteiger partial charge in [-0.05, 0) is 30.7 Å². The fourth-order valence-electron chi connectivity index (χ4n) is 2.17. The lowest BCUT2D eigenvalue weighted by atomic mass is 10.2. The van der Waals surface area contributed by atoms with E-state index >= 15 is 0 Å². The molecule has 10 nitrogen and oxygen atoms in total. The van der Waals surface area contributed by atoms with Crippen LogP contribution in [0, 0.1) is 17.0 Å². The van der Waals surface area contributed by atoms with Crippen molar-refractivity contribution in [3.8, 4) is 5.75 Å². The van der Waals surface area contributed by atoms with Crippen molar-refractivity contribution >= 4 is 29.2 Å². The van der Waals surface area contributed by atoms with Crippen molar-refractivity contribution in [2.45, 2.75) is 6.92 Å². The topological polar surface area (TPSA) is 137 Å². The maximum atomic E-state index is 11.9. The minimum absolute atomic E-state index is 0.0982. The predicted octanol–water partition coefficient (Wildman–Crippen LogP) is 1.58. The Hall–Kier alpha value is -3.95. The number of hydrogen-bond donors (Lipinski definition) is 2. The first-order valence-electron chi connectivity index (χ1n) is 8.50. The Morgan fingerprint density at radius 1 is 1.03 bits per heavy atom. The molecule has 2 N–H and O–H groups in total. The number of esters is 1. The first kappa shape index (κ1) is 21.4. The monoisotopic (exact) mass is 401 g/mol. The fraction of sp³-hybridized carbons (Fsp3) is 0.211. The number of aryl methyl sites for hydroxylation is 1. The van der Waals surface area contributed by atoms with Gasteiger partial charge in [-0.1, -0.05) is 18.2 Å². The van der Waals surface area contributed by atoms with Gasteiger partial charge in [-0.15, -0.1) is 0 Å². The first-order valence-corrected chi connectivity index (χ1v) is 8.50. The standard InChI is InChI=1S/C19H19N3O7/c1-13-9-14(22(26)27)7-8-16(13)21-18(24)12-29-19(25)10-20-17(23)11-28-15-5-3-2-4-6-15/h2-9H,10-12H2,1H3,(H,20,23)(H,21,24). The van der Waals surface area contributed by atoms with Crippen LogP contribution >= 0.6 is 0 Å². The number of nitrogens with one attached hydrogen (secondary N) is 2. The number of amides is 2. The van der Waals surface area contributed by atoms with E-state index in [9.17, 15) is 24.5 Å². The highest BCUT2D eigenvalue weighted by atomic mass is 16.6. The largest absolute Gasteiger partial charge is 0.484 e. The molecule has 29 heavy (non-hydrogen) atoms. The first-order chi connectivity index (χ1) is 13.8. The lowest BCUT2D eigenvalue weighted by Gasteiger charge is -2.09. The Morgan fingerprint density at radius 2 is 1.76 bits per heavy atom. The van der Waals surface area contributed by atoms with Gasteiger partial charge in [0.25, 0.3) is 17.5 Å². The molecule has 0 aromatic heterocycles. The van der Waals surface area contributed by atoms with E-state index in [4.69, 9.17) is 9.47 Å². The molecule has 2 aromatic carbocycles. The average Bonchev–Trinajstić information content (AvgIpc) is 2.71. The van der Waals surface area contributed by atoms with Gasteiger partial charge in [0.15, 0.2) is 13.2 Å². The summed E-state index contributed by atoms with van der Waals surface area (Å²) in [6.45, 7) is 0.353. The number of hydrogen-bond acceptors (Lipinski definition) is 7. The SMILES string of the molecule is Cc1cc([N+](=O)[O-])ccc1NC(=O)COC(=O)CNC(=O)COc1ccccc1. The molecule has 0 bridgehead atoms.